The van der Waals surface area contributed by atoms with Crippen molar-refractivity contribution in [2.45, 2.75) is 43.2 Å². The van der Waals surface area contributed by atoms with Gasteiger partial charge in [0.2, 0.25) is 5.75 Å². The second-order valence-electron chi connectivity index (χ2n) is 7.49. The first-order chi connectivity index (χ1) is 15.1. The molecule has 2 aromatic heterocycles. The molecule has 1 aromatic carbocycles. The average molecular weight is 439 g/mol. The van der Waals surface area contributed by atoms with Crippen LogP contribution in [0.4, 0.5) is 17.5 Å². The van der Waals surface area contributed by atoms with Crippen LogP contribution in [0.2, 0.25) is 0 Å². The van der Waals surface area contributed by atoms with Gasteiger partial charge in [0.1, 0.15) is 5.78 Å². The highest BCUT2D eigenvalue weighted by molar-refractivity contribution is 7.99. The largest absolute Gasteiger partial charge is 0.490 e. The fraction of sp³-hybridized carbons (Fsp3) is 0.364. The third-order valence-corrected chi connectivity index (χ3v) is 5.76. The first-order valence-electron chi connectivity index (χ1n) is 10.3. The summed E-state index contributed by atoms with van der Waals surface area (Å²) in [7, 11) is 1.59. The Morgan fingerprint density at radius 2 is 1.97 bits per heavy atom. The Bertz CT molecular complexity index is 1060. The molecule has 9 heteroatoms. The number of ketones is 1. The number of H-pyrrole nitrogens is 1. The van der Waals surface area contributed by atoms with E-state index in [-0.39, 0.29) is 5.92 Å². The molecule has 0 atom stereocenters. The Kier molecular flexibility index (Phi) is 6.41. The quantitative estimate of drug-likeness (QED) is 0.401. The smallest absolute Gasteiger partial charge is 0.204 e. The van der Waals surface area contributed by atoms with E-state index in [1.807, 2.05) is 44.2 Å². The molecular formula is C22H26N6O2S. The Morgan fingerprint density at radius 3 is 2.58 bits per heavy atom. The van der Waals surface area contributed by atoms with E-state index < -0.39 is 0 Å². The summed E-state index contributed by atoms with van der Waals surface area (Å²) in [5.41, 5.74) is 1.98. The van der Waals surface area contributed by atoms with E-state index in [1.165, 1.54) is 11.8 Å². The van der Waals surface area contributed by atoms with Crippen LogP contribution in [0.3, 0.4) is 0 Å². The summed E-state index contributed by atoms with van der Waals surface area (Å²) in [5, 5.41) is 14.1. The number of carbonyl (C=O) groups excluding carboxylic acids is 1. The molecule has 0 radical (unpaired) electrons. The number of nitrogens with one attached hydrogen (secondary N) is 3. The molecule has 0 bridgehead atoms. The van der Waals surface area contributed by atoms with E-state index in [1.54, 1.807) is 7.11 Å². The lowest BCUT2D eigenvalue weighted by Gasteiger charge is -2.14. The second-order valence-corrected chi connectivity index (χ2v) is 8.53. The molecule has 0 aliphatic heterocycles. The third-order valence-electron chi connectivity index (χ3n) is 4.89. The number of methoxy groups -OCH3 is 1. The summed E-state index contributed by atoms with van der Waals surface area (Å²) in [6.45, 7) is 4.63. The summed E-state index contributed by atoms with van der Waals surface area (Å²) in [5.74, 6) is 2.96. The van der Waals surface area contributed by atoms with Crippen LogP contribution in [0.15, 0.2) is 40.4 Å². The topological polar surface area (TPSA) is 105 Å². The molecule has 162 valence electrons. The van der Waals surface area contributed by atoms with Crippen LogP contribution < -0.4 is 15.4 Å². The van der Waals surface area contributed by atoms with Crippen LogP contribution in [0, 0.1) is 12.8 Å². The van der Waals surface area contributed by atoms with Gasteiger partial charge >= 0.3 is 0 Å². The summed E-state index contributed by atoms with van der Waals surface area (Å²) in [6.07, 6.45) is 2.60. The molecule has 3 aromatic rings. The van der Waals surface area contributed by atoms with Crippen LogP contribution >= 0.6 is 11.8 Å². The molecule has 0 spiro atoms. The minimum Gasteiger partial charge on any atom is -0.490 e. The molecule has 2 heterocycles. The molecule has 0 saturated heterocycles. The molecule has 31 heavy (non-hydrogen) atoms. The first kappa shape index (κ1) is 21.2. The number of benzene rings is 1. The monoisotopic (exact) mass is 438 g/mol. The van der Waals surface area contributed by atoms with E-state index in [9.17, 15) is 4.79 Å². The minimum absolute atomic E-state index is 0.287. The summed E-state index contributed by atoms with van der Waals surface area (Å²) in [6, 6.07) is 9.91. The predicted octanol–water partition coefficient (Wildman–Crippen LogP) is 4.36. The molecular weight excluding hydrogens is 412 g/mol. The van der Waals surface area contributed by atoms with Crippen LogP contribution in [0.1, 0.15) is 31.0 Å². The lowest BCUT2D eigenvalue weighted by Crippen LogP contribution is -2.07. The number of ether oxygens (including phenoxy) is 1. The number of aryl methyl sites for hydroxylation is 1. The number of Topliss-reactive ketones (excluding diaryl/α,β-unsaturated/α-hetero) is 1. The van der Waals surface area contributed by atoms with Gasteiger partial charge in [-0.15, -0.1) is 0 Å². The highest BCUT2D eigenvalue weighted by atomic mass is 32.2. The fourth-order valence-electron chi connectivity index (χ4n) is 3.18. The molecule has 3 N–H and O–H groups in total. The van der Waals surface area contributed by atoms with Crippen molar-refractivity contribution in [1.29, 1.82) is 0 Å². The Morgan fingerprint density at radius 1 is 1.23 bits per heavy atom. The molecule has 1 fully saturated rings. The lowest BCUT2D eigenvalue weighted by molar-refractivity contribution is -0.119. The van der Waals surface area contributed by atoms with Crippen LogP contribution in [0.5, 0.6) is 5.75 Å². The minimum atomic E-state index is 0.287. The van der Waals surface area contributed by atoms with Crippen molar-refractivity contribution < 1.29 is 9.53 Å². The number of hydrogen-bond acceptors (Lipinski definition) is 8. The number of nitrogens with zero attached hydrogens (tertiary/aromatic N) is 3. The molecule has 1 aliphatic rings. The van der Waals surface area contributed by atoms with E-state index >= 15 is 0 Å². The van der Waals surface area contributed by atoms with Gasteiger partial charge in [-0.3, -0.25) is 9.89 Å². The molecule has 0 amide bonds. The van der Waals surface area contributed by atoms with E-state index in [0.717, 1.165) is 29.0 Å². The van der Waals surface area contributed by atoms with Gasteiger partial charge in [-0.25, -0.2) is 9.97 Å². The standard InChI is InChI=1S/C22H26N6O2S/c1-4-23-20-19(30-3)21(24-18-11-13(2)27-28-18)26-22(25-20)31-16-9-5-14(6-10-16)12-17(29)15-7-8-15/h5-6,9-11,15H,4,7-8,12H2,1-3H3,(H3,23,24,25,26,27,28). The van der Waals surface area contributed by atoms with Gasteiger partial charge in [-0.1, -0.05) is 12.1 Å². The van der Waals surface area contributed by atoms with Gasteiger partial charge in [0.05, 0.1) is 7.11 Å². The van der Waals surface area contributed by atoms with Crippen molar-refractivity contribution in [3.63, 3.8) is 0 Å². The maximum Gasteiger partial charge on any atom is 0.204 e. The lowest BCUT2D eigenvalue weighted by atomic mass is 10.1. The van der Waals surface area contributed by atoms with Gasteiger partial charge < -0.3 is 15.4 Å². The van der Waals surface area contributed by atoms with Gasteiger partial charge in [0, 0.05) is 35.5 Å². The normalized spacial score (nSPS) is 13.1. The average Bonchev–Trinajstić information content (AvgIpc) is 3.52. The molecule has 4 rings (SSSR count). The van der Waals surface area contributed by atoms with Crippen molar-refractivity contribution in [2.24, 2.45) is 5.92 Å². The zero-order valence-corrected chi connectivity index (χ0v) is 18.7. The number of hydrogen-bond donors (Lipinski definition) is 3. The Hall–Kier alpha value is -3.07. The predicted molar refractivity (Wildman–Crippen MR) is 121 cm³/mol. The second kappa shape index (κ2) is 9.38. The number of aromatic nitrogens is 4. The van der Waals surface area contributed by atoms with Crippen LogP contribution in [-0.2, 0) is 11.2 Å². The van der Waals surface area contributed by atoms with Crippen LogP contribution in [-0.4, -0.2) is 39.6 Å². The zero-order valence-electron chi connectivity index (χ0n) is 17.9. The number of rotatable bonds is 10. The van der Waals surface area contributed by atoms with E-state index in [4.69, 9.17) is 4.74 Å². The summed E-state index contributed by atoms with van der Waals surface area (Å²) < 4.78 is 5.56. The van der Waals surface area contributed by atoms with Crippen molar-refractivity contribution >= 4 is 35.0 Å². The van der Waals surface area contributed by atoms with Gasteiger partial charge in [-0.05, 0) is 56.1 Å². The molecule has 1 saturated carbocycles. The highest BCUT2D eigenvalue weighted by Crippen LogP contribution is 2.36. The molecule has 1 aliphatic carbocycles. The van der Waals surface area contributed by atoms with Gasteiger partial charge in [-0.2, -0.15) is 5.10 Å². The van der Waals surface area contributed by atoms with Crippen molar-refractivity contribution in [3.05, 3.63) is 41.6 Å². The van der Waals surface area contributed by atoms with Crippen LogP contribution in [0.25, 0.3) is 0 Å². The summed E-state index contributed by atoms with van der Waals surface area (Å²) >= 11 is 1.45. The first-order valence-corrected chi connectivity index (χ1v) is 11.2. The van der Waals surface area contributed by atoms with Crippen molar-refractivity contribution in [3.8, 4) is 5.75 Å². The molecule has 0 unspecified atom stereocenters. The summed E-state index contributed by atoms with van der Waals surface area (Å²) in [4.78, 5) is 22.3. The van der Waals surface area contributed by atoms with E-state index in [0.29, 0.717) is 47.1 Å². The van der Waals surface area contributed by atoms with Crippen molar-refractivity contribution in [2.75, 3.05) is 24.3 Å². The van der Waals surface area contributed by atoms with Crippen molar-refractivity contribution in [1.82, 2.24) is 20.2 Å². The maximum absolute atomic E-state index is 12.0. The molecule has 8 nitrogen and oxygen atoms in total. The fourth-order valence-corrected chi connectivity index (χ4v) is 3.93. The third kappa shape index (κ3) is 5.35. The Labute approximate surface area is 185 Å². The number of carbonyl (C=O) groups is 1. The van der Waals surface area contributed by atoms with Gasteiger partial charge in [0.15, 0.2) is 22.6 Å². The maximum atomic E-state index is 12.0. The SMILES string of the molecule is CCNc1nc(Sc2ccc(CC(=O)C3CC3)cc2)nc(Nc2cc(C)[nH]n2)c1OC. The number of anilines is 3. The highest BCUT2D eigenvalue weighted by Gasteiger charge is 2.29. The zero-order chi connectivity index (χ0) is 21.8. The Balaban J connectivity index is 1.55. The van der Waals surface area contributed by atoms with Gasteiger partial charge in [0.25, 0.3) is 0 Å². The number of aromatic amines is 1. The van der Waals surface area contributed by atoms with E-state index in [2.05, 4.69) is 30.8 Å².